The van der Waals surface area contributed by atoms with E-state index in [0.717, 1.165) is 16.9 Å². The van der Waals surface area contributed by atoms with E-state index in [1.54, 1.807) is 7.11 Å². The van der Waals surface area contributed by atoms with Gasteiger partial charge in [0, 0.05) is 6.54 Å². The van der Waals surface area contributed by atoms with E-state index in [1.807, 2.05) is 48.5 Å². The molecular formula is C22H27NO5. The maximum absolute atomic E-state index is 12.1. The molecule has 2 aromatic rings. The molecule has 2 rings (SSSR count). The van der Waals surface area contributed by atoms with Gasteiger partial charge in [-0.2, -0.15) is 0 Å². The zero-order valence-electron chi connectivity index (χ0n) is 16.7. The molecule has 2 aromatic carbocycles. The molecule has 0 unspecified atom stereocenters. The Morgan fingerprint density at radius 2 is 1.68 bits per heavy atom. The number of rotatable bonds is 9. The first-order valence-electron chi connectivity index (χ1n) is 9.22. The maximum Gasteiger partial charge on any atom is 0.344 e. The lowest BCUT2D eigenvalue weighted by Gasteiger charge is -2.16. The molecule has 1 atom stereocenters. The molecule has 28 heavy (non-hydrogen) atoms. The van der Waals surface area contributed by atoms with Crippen LogP contribution >= 0.6 is 0 Å². The normalized spacial score (nSPS) is 11.6. The van der Waals surface area contributed by atoms with E-state index >= 15 is 0 Å². The highest BCUT2D eigenvalue weighted by atomic mass is 16.6. The Kier molecular flexibility index (Phi) is 7.87. The number of methoxy groups -OCH3 is 1. The predicted molar refractivity (Wildman–Crippen MR) is 106 cm³/mol. The molecule has 0 fully saturated rings. The minimum absolute atomic E-state index is 0.250. The molecule has 0 aromatic heterocycles. The number of amides is 1. The van der Waals surface area contributed by atoms with Crippen molar-refractivity contribution < 1.29 is 23.8 Å². The maximum atomic E-state index is 12.1. The van der Waals surface area contributed by atoms with Gasteiger partial charge in [0.1, 0.15) is 11.5 Å². The standard InChI is InChI=1S/C22H27NO5/c1-15(2)19-7-5-6-8-20(19)27-14-21(24)28-16(3)22(25)23-13-17-9-11-18(26-4)12-10-17/h5-12,15-16H,13-14H2,1-4H3,(H,23,25)/t16-/m1/s1. The van der Waals surface area contributed by atoms with Gasteiger partial charge in [0.15, 0.2) is 12.7 Å². The summed E-state index contributed by atoms with van der Waals surface area (Å²) in [6, 6.07) is 14.9. The van der Waals surface area contributed by atoms with E-state index in [1.165, 1.54) is 6.92 Å². The summed E-state index contributed by atoms with van der Waals surface area (Å²) in [5.74, 6) is 0.703. The molecule has 0 aliphatic heterocycles. The third-order valence-electron chi connectivity index (χ3n) is 4.19. The molecule has 1 N–H and O–H groups in total. The summed E-state index contributed by atoms with van der Waals surface area (Å²) < 4.78 is 15.8. The summed E-state index contributed by atoms with van der Waals surface area (Å²) in [5.41, 5.74) is 1.93. The van der Waals surface area contributed by atoms with Crippen molar-refractivity contribution in [3.05, 3.63) is 59.7 Å². The number of esters is 1. The van der Waals surface area contributed by atoms with Crippen molar-refractivity contribution in [1.82, 2.24) is 5.32 Å². The highest BCUT2D eigenvalue weighted by molar-refractivity contribution is 5.83. The SMILES string of the molecule is COc1ccc(CNC(=O)[C@@H](C)OC(=O)COc2ccccc2C(C)C)cc1. The largest absolute Gasteiger partial charge is 0.497 e. The zero-order valence-corrected chi connectivity index (χ0v) is 16.7. The van der Waals surface area contributed by atoms with Gasteiger partial charge in [-0.05, 0) is 42.2 Å². The van der Waals surface area contributed by atoms with Gasteiger partial charge in [-0.15, -0.1) is 0 Å². The molecule has 1 amide bonds. The van der Waals surface area contributed by atoms with Crippen LogP contribution in [0.3, 0.4) is 0 Å². The third kappa shape index (κ3) is 6.30. The van der Waals surface area contributed by atoms with Crippen LogP contribution in [0.4, 0.5) is 0 Å². The summed E-state index contributed by atoms with van der Waals surface area (Å²) in [4.78, 5) is 24.2. The molecule has 0 saturated carbocycles. The topological polar surface area (TPSA) is 73.9 Å². The monoisotopic (exact) mass is 385 g/mol. The molecule has 0 spiro atoms. The number of nitrogens with one attached hydrogen (secondary N) is 1. The summed E-state index contributed by atoms with van der Waals surface area (Å²) in [5, 5.41) is 2.74. The van der Waals surface area contributed by atoms with E-state index in [4.69, 9.17) is 14.2 Å². The first-order chi connectivity index (χ1) is 13.4. The van der Waals surface area contributed by atoms with Crippen LogP contribution in [0.1, 0.15) is 37.8 Å². The molecule has 0 heterocycles. The lowest BCUT2D eigenvalue weighted by Crippen LogP contribution is -2.36. The van der Waals surface area contributed by atoms with Crippen LogP contribution in [0.15, 0.2) is 48.5 Å². The fourth-order valence-corrected chi connectivity index (χ4v) is 2.59. The second-order valence-electron chi connectivity index (χ2n) is 6.68. The summed E-state index contributed by atoms with van der Waals surface area (Å²) in [6.07, 6.45) is -0.908. The van der Waals surface area contributed by atoms with Crippen LogP contribution in [0.2, 0.25) is 0 Å². The highest BCUT2D eigenvalue weighted by Gasteiger charge is 2.18. The van der Waals surface area contributed by atoms with E-state index in [2.05, 4.69) is 19.2 Å². The Morgan fingerprint density at radius 1 is 1.00 bits per heavy atom. The predicted octanol–water partition coefficient (Wildman–Crippen LogP) is 3.45. The number of carbonyl (C=O) groups excluding carboxylic acids is 2. The van der Waals surface area contributed by atoms with Gasteiger partial charge >= 0.3 is 5.97 Å². The summed E-state index contributed by atoms with van der Waals surface area (Å²) >= 11 is 0. The molecule has 0 bridgehead atoms. The van der Waals surface area contributed by atoms with Gasteiger partial charge < -0.3 is 19.5 Å². The van der Waals surface area contributed by atoms with E-state index < -0.39 is 12.1 Å². The fourth-order valence-electron chi connectivity index (χ4n) is 2.59. The number of ether oxygens (including phenoxy) is 3. The van der Waals surface area contributed by atoms with Crippen LogP contribution < -0.4 is 14.8 Å². The average molecular weight is 385 g/mol. The molecule has 6 heteroatoms. The van der Waals surface area contributed by atoms with Gasteiger partial charge in [0.2, 0.25) is 0 Å². The Balaban J connectivity index is 1.78. The quantitative estimate of drug-likeness (QED) is 0.670. The third-order valence-corrected chi connectivity index (χ3v) is 4.19. The van der Waals surface area contributed by atoms with E-state index in [-0.39, 0.29) is 18.4 Å². The Labute approximate surface area is 165 Å². The van der Waals surface area contributed by atoms with Crippen molar-refractivity contribution in [2.24, 2.45) is 0 Å². The van der Waals surface area contributed by atoms with Crippen molar-refractivity contribution >= 4 is 11.9 Å². The highest BCUT2D eigenvalue weighted by Crippen LogP contribution is 2.25. The van der Waals surface area contributed by atoms with Crippen LogP contribution in [0.25, 0.3) is 0 Å². The molecule has 0 saturated heterocycles. The van der Waals surface area contributed by atoms with Crippen LogP contribution in [-0.4, -0.2) is 31.7 Å². The number of benzene rings is 2. The zero-order chi connectivity index (χ0) is 20.5. The summed E-state index contributed by atoms with van der Waals surface area (Å²) in [7, 11) is 1.60. The number of carbonyl (C=O) groups is 2. The van der Waals surface area contributed by atoms with Crippen LogP contribution in [-0.2, 0) is 20.9 Å². The Bertz CT molecular complexity index is 786. The van der Waals surface area contributed by atoms with E-state index in [9.17, 15) is 9.59 Å². The minimum Gasteiger partial charge on any atom is -0.497 e. The van der Waals surface area contributed by atoms with Crippen molar-refractivity contribution in [3.8, 4) is 11.5 Å². The molecule has 0 aliphatic rings. The Morgan fingerprint density at radius 3 is 2.32 bits per heavy atom. The van der Waals surface area contributed by atoms with E-state index in [0.29, 0.717) is 12.3 Å². The second kappa shape index (κ2) is 10.3. The molecule has 0 aliphatic carbocycles. The number of para-hydroxylation sites is 1. The minimum atomic E-state index is -0.908. The van der Waals surface area contributed by atoms with Gasteiger partial charge in [-0.25, -0.2) is 4.79 Å². The summed E-state index contributed by atoms with van der Waals surface area (Å²) in [6.45, 7) is 5.72. The first kappa shape index (κ1) is 21.3. The average Bonchev–Trinajstić information content (AvgIpc) is 2.70. The van der Waals surface area contributed by atoms with Crippen molar-refractivity contribution in [2.45, 2.75) is 39.3 Å². The number of hydrogen-bond acceptors (Lipinski definition) is 5. The van der Waals surface area contributed by atoms with Gasteiger partial charge in [0.05, 0.1) is 7.11 Å². The van der Waals surface area contributed by atoms with Gasteiger partial charge in [0.25, 0.3) is 5.91 Å². The molecule has 150 valence electrons. The Hall–Kier alpha value is -3.02. The first-order valence-corrected chi connectivity index (χ1v) is 9.22. The fraction of sp³-hybridized carbons (Fsp3) is 0.364. The lowest BCUT2D eigenvalue weighted by atomic mass is 10.0. The van der Waals surface area contributed by atoms with Gasteiger partial charge in [-0.3, -0.25) is 4.79 Å². The van der Waals surface area contributed by atoms with Crippen LogP contribution in [0, 0.1) is 0 Å². The van der Waals surface area contributed by atoms with Crippen molar-refractivity contribution in [3.63, 3.8) is 0 Å². The van der Waals surface area contributed by atoms with Gasteiger partial charge in [-0.1, -0.05) is 44.2 Å². The van der Waals surface area contributed by atoms with Crippen molar-refractivity contribution in [2.75, 3.05) is 13.7 Å². The smallest absolute Gasteiger partial charge is 0.344 e. The molecule has 0 radical (unpaired) electrons. The lowest BCUT2D eigenvalue weighted by molar-refractivity contribution is -0.156. The second-order valence-corrected chi connectivity index (χ2v) is 6.68. The molecular weight excluding hydrogens is 358 g/mol. The van der Waals surface area contributed by atoms with Crippen molar-refractivity contribution in [1.29, 1.82) is 0 Å². The molecule has 6 nitrogen and oxygen atoms in total. The number of hydrogen-bond donors (Lipinski definition) is 1. The van der Waals surface area contributed by atoms with Crippen LogP contribution in [0.5, 0.6) is 11.5 Å².